The number of benzene rings is 1. The van der Waals surface area contributed by atoms with Crippen LogP contribution in [0, 0.1) is 0 Å². The number of rotatable bonds is 9. The molecule has 1 aromatic rings. The van der Waals surface area contributed by atoms with Crippen molar-refractivity contribution in [1.29, 1.82) is 0 Å². The van der Waals surface area contributed by atoms with Crippen LogP contribution in [0.2, 0.25) is 0 Å². The van der Waals surface area contributed by atoms with Gasteiger partial charge >= 0.3 is 0 Å². The molecule has 0 spiro atoms. The maximum atomic E-state index is 12.0. The lowest BCUT2D eigenvalue weighted by molar-refractivity contribution is -0.120. The largest absolute Gasteiger partial charge is 0.385 e. The maximum absolute atomic E-state index is 12.0. The van der Waals surface area contributed by atoms with Crippen molar-refractivity contribution in [3.63, 3.8) is 0 Å². The van der Waals surface area contributed by atoms with Crippen molar-refractivity contribution < 1.29 is 17.9 Å². The van der Waals surface area contributed by atoms with E-state index in [2.05, 4.69) is 10.0 Å². The van der Waals surface area contributed by atoms with Crippen LogP contribution >= 0.6 is 0 Å². The van der Waals surface area contributed by atoms with Crippen molar-refractivity contribution in [1.82, 2.24) is 10.0 Å². The van der Waals surface area contributed by atoms with Crippen LogP contribution in [-0.4, -0.2) is 41.1 Å². The van der Waals surface area contributed by atoms with Crippen molar-refractivity contribution in [3.8, 4) is 0 Å². The third kappa shape index (κ3) is 6.24. The first-order valence-electron chi connectivity index (χ1n) is 6.84. The Balaban J connectivity index is 2.46. The van der Waals surface area contributed by atoms with Gasteiger partial charge in [-0.15, -0.1) is 0 Å². The van der Waals surface area contributed by atoms with Gasteiger partial charge in [-0.2, -0.15) is 0 Å². The Morgan fingerprint density at radius 2 is 1.90 bits per heavy atom. The Bertz CT molecular complexity index is 541. The Hall–Kier alpha value is -1.44. The number of hydrogen-bond acceptors (Lipinski definition) is 4. The van der Waals surface area contributed by atoms with Gasteiger partial charge in [0, 0.05) is 20.3 Å². The Morgan fingerprint density at radius 3 is 2.48 bits per heavy atom. The summed E-state index contributed by atoms with van der Waals surface area (Å²) in [5.41, 5.74) is 1.06. The van der Waals surface area contributed by atoms with Crippen LogP contribution in [0.25, 0.3) is 0 Å². The molecule has 0 heterocycles. The lowest BCUT2D eigenvalue weighted by Gasteiger charge is -2.08. The molecule has 6 nitrogen and oxygen atoms in total. The van der Waals surface area contributed by atoms with E-state index in [1.165, 1.54) is 12.1 Å². The quantitative estimate of drug-likeness (QED) is 0.657. The molecule has 0 saturated carbocycles. The summed E-state index contributed by atoms with van der Waals surface area (Å²) in [4.78, 5) is 11.7. The Kier molecular flexibility index (Phi) is 7.35. The average Bonchev–Trinajstić information content (AvgIpc) is 2.50. The molecule has 0 fully saturated rings. The highest BCUT2D eigenvalue weighted by Gasteiger charge is 2.14. The van der Waals surface area contributed by atoms with Gasteiger partial charge in [-0.25, -0.2) is 13.1 Å². The lowest BCUT2D eigenvalue weighted by atomic mass is 10.2. The molecule has 0 aliphatic rings. The number of aryl methyl sites for hydroxylation is 1. The summed E-state index contributed by atoms with van der Waals surface area (Å²) in [6.07, 6.45) is 1.53. The monoisotopic (exact) mass is 314 g/mol. The first kappa shape index (κ1) is 17.6. The topological polar surface area (TPSA) is 84.5 Å². The normalized spacial score (nSPS) is 11.3. The van der Waals surface area contributed by atoms with Gasteiger partial charge < -0.3 is 10.1 Å². The molecule has 0 aliphatic carbocycles. The number of hydrogen-bond donors (Lipinski definition) is 2. The van der Waals surface area contributed by atoms with Crippen LogP contribution in [-0.2, 0) is 26.0 Å². The molecule has 21 heavy (non-hydrogen) atoms. The van der Waals surface area contributed by atoms with E-state index in [4.69, 9.17) is 4.74 Å². The number of carbonyl (C=O) groups is 1. The molecule has 0 bridgehead atoms. The Morgan fingerprint density at radius 1 is 1.24 bits per heavy atom. The van der Waals surface area contributed by atoms with Crippen molar-refractivity contribution in [2.75, 3.05) is 26.8 Å². The van der Waals surface area contributed by atoms with Gasteiger partial charge in [0.15, 0.2) is 0 Å². The summed E-state index contributed by atoms with van der Waals surface area (Å²) in [5.74, 6) is -0.361. The summed E-state index contributed by atoms with van der Waals surface area (Å²) in [6.45, 7) is 2.73. The molecule has 0 atom stereocenters. The van der Waals surface area contributed by atoms with Crippen molar-refractivity contribution in [3.05, 3.63) is 29.8 Å². The minimum Gasteiger partial charge on any atom is -0.385 e. The van der Waals surface area contributed by atoms with Crippen LogP contribution in [0.3, 0.4) is 0 Å². The second-order valence-electron chi connectivity index (χ2n) is 4.52. The molecular weight excluding hydrogens is 292 g/mol. The minimum absolute atomic E-state index is 0.159. The summed E-state index contributed by atoms with van der Waals surface area (Å²) in [5, 5.41) is 2.61. The van der Waals surface area contributed by atoms with Crippen molar-refractivity contribution in [2.45, 2.75) is 24.7 Å². The van der Waals surface area contributed by atoms with Crippen LogP contribution in [0.4, 0.5) is 0 Å². The highest BCUT2D eigenvalue weighted by Crippen LogP contribution is 2.10. The van der Waals surface area contributed by atoms with Gasteiger partial charge in [0.25, 0.3) is 0 Å². The highest BCUT2D eigenvalue weighted by molar-refractivity contribution is 7.89. The average molecular weight is 314 g/mol. The highest BCUT2D eigenvalue weighted by atomic mass is 32.2. The zero-order valence-corrected chi connectivity index (χ0v) is 13.2. The summed E-state index contributed by atoms with van der Waals surface area (Å²) in [6, 6.07) is 6.61. The van der Waals surface area contributed by atoms with Gasteiger partial charge in [-0.3, -0.25) is 4.79 Å². The number of nitrogens with one attached hydrogen (secondary N) is 2. The third-order valence-corrected chi connectivity index (χ3v) is 4.33. The van der Waals surface area contributed by atoms with Gasteiger partial charge in [0.1, 0.15) is 0 Å². The van der Waals surface area contributed by atoms with E-state index in [-0.39, 0.29) is 17.3 Å². The number of amides is 1. The molecule has 0 saturated heterocycles. The number of carbonyl (C=O) groups excluding carboxylic acids is 1. The molecular formula is C14H22N2O4S. The zero-order valence-electron chi connectivity index (χ0n) is 12.4. The first-order valence-corrected chi connectivity index (χ1v) is 8.32. The molecule has 1 amide bonds. The van der Waals surface area contributed by atoms with Crippen LogP contribution in [0.15, 0.2) is 29.2 Å². The second kappa shape index (κ2) is 8.76. The molecule has 118 valence electrons. The summed E-state index contributed by atoms with van der Waals surface area (Å²) in [7, 11) is -2.07. The van der Waals surface area contributed by atoms with Crippen LogP contribution in [0.1, 0.15) is 18.9 Å². The molecule has 2 N–H and O–H groups in total. The fourth-order valence-electron chi connectivity index (χ4n) is 1.66. The lowest BCUT2D eigenvalue weighted by Crippen LogP contribution is -2.37. The maximum Gasteiger partial charge on any atom is 0.241 e. The summed E-state index contributed by atoms with van der Waals surface area (Å²) >= 11 is 0. The Labute approximate surface area is 125 Å². The number of ether oxygens (including phenoxy) is 1. The SMILES string of the molecule is CCc1ccc(S(=O)(=O)NCC(=O)NCCCOC)cc1. The number of methoxy groups -OCH3 is 1. The smallest absolute Gasteiger partial charge is 0.241 e. The van der Waals surface area contributed by atoms with E-state index in [9.17, 15) is 13.2 Å². The molecule has 1 aromatic carbocycles. The number of sulfonamides is 1. The third-order valence-electron chi connectivity index (χ3n) is 2.91. The molecule has 1 rings (SSSR count). The van der Waals surface area contributed by atoms with Crippen molar-refractivity contribution >= 4 is 15.9 Å². The molecule has 7 heteroatoms. The van der Waals surface area contributed by atoms with Crippen LogP contribution < -0.4 is 10.0 Å². The van der Waals surface area contributed by atoms with Crippen molar-refractivity contribution in [2.24, 2.45) is 0 Å². The van der Waals surface area contributed by atoms with Crippen LogP contribution in [0.5, 0.6) is 0 Å². The van der Waals surface area contributed by atoms with E-state index >= 15 is 0 Å². The van der Waals surface area contributed by atoms with E-state index in [0.29, 0.717) is 19.6 Å². The second-order valence-corrected chi connectivity index (χ2v) is 6.29. The summed E-state index contributed by atoms with van der Waals surface area (Å²) < 4.78 is 31.1. The molecule has 0 aromatic heterocycles. The molecule has 0 aliphatic heterocycles. The standard InChI is InChI=1S/C14H22N2O4S/c1-3-12-5-7-13(8-6-12)21(18,19)16-11-14(17)15-9-4-10-20-2/h5-8,16H,3-4,9-11H2,1-2H3,(H,15,17). The van der Waals surface area contributed by atoms with Gasteiger partial charge in [0.05, 0.1) is 11.4 Å². The van der Waals surface area contributed by atoms with E-state index in [1.54, 1.807) is 19.2 Å². The fraction of sp³-hybridized carbons (Fsp3) is 0.500. The van der Waals surface area contributed by atoms with E-state index < -0.39 is 10.0 Å². The molecule has 0 unspecified atom stereocenters. The minimum atomic E-state index is -3.65. The predicted molar refractivity (Wildman–Crippen MR) is 80.5 cm³/mol. The fourth-order valence-corrected chi connectivity index (χ4v) is 2.64. The molecule has 0 radical (unpaired) electrons. The van der Waals surface area contributed by atoms with Gasteiger partial charge in [0.2, 0.25) is 15.9 Å². The van der Waals surface area contributed by atoms with E-state index in [1.807, 2.05) is 6.92 Å². The zero-order chi connectivity index (χ0) is 15.7. The van der Waals surface area contributed by atoms with Gasteiger partial charge in [-0.05, 0) is 30.5 Å². The first-order chi connectivity index (χ1) is 9.99. The van der Waals surface area contributed by atoms with E-state index in [0.717, 1.165) is 12.0 Å². The predicted octanol–water partition coefficient (Wildman–Crippen LogP) is 0.680. The van der Waals surface area contributed by atoms with Gasteiger partial charge in [-0.1, -0.05) is 19.1 Å².